The summed E-state index contributed by atoms with van der Waals surface area (Å²) in [4.78, 5) is 9.93. The van der Waals surface area contributed by atoms with Gasteiger partial charge in [-0.25, -0.2) is 6.08 Å². The number of hydrogen-bond donors (Lipinski definition) is 0. The Labute approximate surface area is 177 Å². The van der Waals surface area contributed by atoms with E-state index in [1.54, 1.807) is 0 Å². The van der Waals surface area contributed by atoms with Crippen molar-refractivity contribution in [2.45, 2.75) is 92.9 Å². The van der Waals surface area contributed by atoms with Gasteiger partial charge in [-0.3, -0.25) is 0 Å². The molecule has 1 saturated carbocycles. The van der Waals surface area contributed by atoms with Crippen molar-refractivity contribution in [3.63, 3.8) is 0 Å². The first-order valence-electron chi connectivity index (χ1n) is 8.36. The first-order chi connectivity index (χ1) is 9.47. The van der Waals surface area contributed by atoms with Crippen molar-refractivity contribution >= 4 is 6.29 Å². The van der Waals surface area contributed by atoms with E-state index in [2.05, 4.69) is 34.1 Å². The molecule has 0 amide bonds. The minimum Gasteiger partial charge on any atom is -0.419 e. The van der Waals surface area contributed by atoms with E-state index in [0.717, 1.165) is 18.4 Å². The van der Waals surface area contributed by atoms with Crippen molar-refractivity contribution in [3.8, 4) is 0 Å². The summed E-state index contributed by atoms with van der Waals surface area (Å²) in [6, 6.07) is 0. The molecule has 0 atom stereocenters. The number of rotatable bonds is 4. The van der Waals surface area contributed by atoms with Gasteiger partial charge >= 0.3 is 51.4 Å². The van der Waals surface area contributed by atoms with Gasteiger partial charge in [0.15, 0.2) is 0 Å². The van der Waals surface area contributed by atoms with Crippen LogP contribution in [0.25, 0.3) is 0 Å². The molecule has 1 rings (SSSR count). The molecule has 21 heavy (non-hydrogen) atoms. The number of hydrogen-bond acceptors (Lipinski definition) is 1. The molecule has 0 N–H and O–H groups in total. The SMILES string of the molecule is CC/C=C(/[C-]=O)CC.CC1(C)CC[CH-]CC1.CCCC.[K+]. The monoisotopic (exact) mass is 319 g/mol. The number of carbonyl (C=O) groups excluding carboxylic acids is 1. The molecule has 0 aromatic heterocycles. The average Bonchev–Trinajstić information content (AvgIpc) is 2.45. The maximum absolute atomic E-state index is 9.93. The van der Waals surface area contributed by atoms with Crippen LogP contribution in [0.2, 0.25) is 0 Å². The van der Waals surface area contributed by atoms with Gasteiger partial charge in [0.2, 0.25) is 0 Å². The molecule has 0 saturated heterocycles. The van der Waals surface area contributed by atoms with E-state index in [0.29, 0.717) is 5.41 Å². The molecule has 120 valence electrons. The Hall–Kier alpha value is 1.05. The molecule has 0 aliphatic heterocycles. The molecule has 1 nitrogen and oxygen atoms in total. The zero-order chi connectivity index (χ0) is 15.9. The van der Waals surface area contributed by atoms with Crippen LogP contribution < -0.4 is 51.4 Å². The van der Waals surface area contributed by atoms with Crippen molar-refractivity contribution in [1.82, 2.24) is 0 Å². The van der Waals surface area contributed by atoms with Crippen LogP contribution in [0, 0.1) is 11.8 Å². The van der Waals surface area contributed by atoms with Crippen LogP contribution in [-0.4, -0.2) is 6.29 Å². The largest absolute Gasteiger partial charge is 1.00 e. The minimum absolute atomic E-state index is 0. The van der Waals surface area contributed by atoms with E-state index in [1.165, 1.54) is 38.5 Å². The zero-order valence-electron chi connectivity index (χ0n) is 15.7. The van der Waals surface area contributed by atoms with Gasteiger partial charge in [-0.1, -0.05) is 73.6 Å². The number of allylic oxidation sites excluding steroid dienone is 2. The predicted molar refractivity (Wildman–Crippen MR) is 91.5 cm³/mol. The molecule has 1 fully saturated rings. The Morgan fingerprint density at radius 3 is 1.71 bits per heavy atom. The summed E-state index contributed by atoms with van der Waals surface area (Å²) in [7, 11) is 0. The topological polar surface area (TPSA) is 17.1 Å². The molecule has 0 radical (unpaired) electrons. The molecule has 0 bridgehead atoms. The van der Waals surface area contributed by atoms with E-state index in [4.69, 9.17) is 0 Å². The second kappa shape index (κ2) is 19.1. The third kappa shape index (κ3) is 21.0. The fourth-order valence-corrected chi connectivity index (χ4v) is 1.76. The van der Waals surface area contributed by atoms with Crippen LogP contribution in [-0.2, 0) is 4.79 Å². The quantitative estimate of drug-likeness (QED) is 0.441. The molecule has 0 unspecified atom stereocenters. The maximum atomic E-state index is 9.93. The Kier molecular flexibility index (Phi) is 24.5. The summed E-state index contributed by atoms with van der Waals surface area (Å²) in [5, 5.41) is 0. The van der Waals surface area contributed by atoms with Crippen LogP contribution in [0.15, 0.2) is 11.6 Å². The predicted octanol–water partition coefficient (Wildman–Crippen LogP) is 3.44. The van der Waals surface area contributed by atoms with E-state index >= 15 is 0 Å². The van der Waals surface area contributed by atoms with Gasteiger partial charge < -0.3 is 11.2 Å². The summed E-state index contributed by atoms with van der Waals surface area (Å²) in [5.41, 5.74) is 1.43. The maximum Gasteiger partial charge on any atom is 1.00 e. The molecular weight excluding hydrogens is 283 g/mol. The van der Waals surface area contributed by atoms with Crippen LogP contribution in [0.4, 0.5) is 0 Å². The van der Waals surface area contributed by atoms with Crippen LogP contribution >= 0.6 is 0 Å². The molecule has 2 heteroatoms. The zero-order valence-corrected chi connectivity index (χ0v) is 18.8. The van der Waals surface area contributed by atoms with Crippen LogP contribution in [0.1, 0.15) is 92.9 Å². The van der Waals surface area contributed by atoms with Gasteiger partial charge in [0.05, 0.1) is 0 Å². The Balaban J connectivity index is -0.000000239. The molecule has 1 aliphatic carbocycles. The molecule has 0 heterocycles. The third-order valence-corrected chi connectivity index (χ3v) is 3.51. The van der Waals surface area contributed by atoms with Crippen LogP contribution in [0.5, 0.6) is 0 Å². The van der Waals surface area contributed by atoms with Gasteiger partial charge in [0.1, 0.15) is 0 Å². The fourth-order valence-electron chi connectivity index (χ4n) is 1.76. The van der Waals surface area contributed by atoms with E-state index in [1.807, 2.05) is 26.2 Å². The molecular formula is C19H36KO-. The summed E-state index contributed by atoms with van der Waals surface area (Å²) < 4.78 is 0. The summed E-state index contributed by atoms with van der Waals surface area (Å²) in [6.45, 7) is 13.0. The van der Waals surface area contributed by atoms with Gasteiger partial charge in [-0.2, -0.15) is 18.4 Å². The van der Waals surface area contributed by atoms with Gasteiger partial charge in [0, 0.05) is 0 Å². The summed E-state index contributed by atoms with van der Waals surface area (Å²) in [6.07, 6.45) is 16.0. The molecule has 1 aliphatic rings. The Morgan fingerprint density at radius 2 is 1.57 bits per heavy atom. The first-order valence-corrected chi connectivity index (χ1v) is 8.36. The van der Waals surface area contributed by atoms with E-state index in [-0.39, 0.29) is 51.4 Å². The first kappa shape index (κ1) is 26.9. The van der Waals surface area contributed by atoms with Crippen LogP contribution in [0.3, 0.4) is 0 Å². The normalized spacial score (nSPS) is 16.4. The van der Waals surface area contributed by atoms with Crippen molar-refractivity contribution < 1.29 is 56.2 Å². The number of unbranched alkanes of at least 4 members (excludes halogenated alkanes) is 1. The standard InChI is InChI=1S/C8H15.C7H11O.C4H10.K/c1-8(2)6-4-3-5-7-8;1-3-5-7(4-2)6-8;1-3-4-2;/h3H,4-7H2,1-2H3;5H,3-4H2,1-2H3;3-4H2,1-2H3;/q2*-1;;+1/b;7-5+;;. The molecule has 0 aromatic carbocycles. The van der Waals surface area contributed by atoms with Crippen molar-refractivity contribution in [3.05, 3.63) is 18.1 Å². The van der Waals surface area contributed by atoms with E-state index < -0.39 is 0 Å². The smallest absolute Gasteiger partial charge is 0.419 e. The Bertz CT molecular complexity index is 234. The minimum atomic E-state index is 0. The summed E-state index contributed by atoms with van der Waals surface area (Å²) in [5.74, 6) is 0. The van der Waals surface area contributed by atoms with E-state index in [9.17, 15) is 4.79 Å². The van der Waals surface area contributed by atoms with Gasteiger partial charge in [-0.15, -0.1) is 6.42 Å². The molecule has 0 aromatic rings. The van der Waals surface area contributed by atoms with Gasteiger partial charge in [0.25, 0.3) is 0 Å². The van der Waals surface area contributed by atoms with Gasteiger partial charge in [-0.05, 0) is 11.7 Å². The summed E-state index contributed by atoms with van der Waals surface area (Å²) >= 11 is 0. The second-order valence-corrected chi connectivity index (χ2v) is 6.12. The third-order valence-electron chi connectivity index (χ3n) is 3.51. The fraction of sp³-hybridized carbons (Fsp3) is 0.789. The Morgan fingerprint density at radius 1 is 1.10 bits per heavy atom. The van der Waals surface area contributed by atoms with Crippen molar-refractivity contribution in [1.29, 1.82) is 0 Å². The molecule has 0 spiro atoms. The van der Waals surface area contributed by atoms with Crippen molar-refractivity contribution in [2.75, 3.05) is 0 Å². The van der Waals surface area contributed by atoms with Crippen molar-refractivity contribution in [2.24, 2.45) is 5.41 Å². The average molecular weight is 320 g/mol. The second-order valence-electron chi connectivity index (χ2n) is 6.12.